The Labute approximate surface area is 100 Å². The van der Waals surface area contributed by atoms with Gasteiger partial charge in [0.25, 0.3) is 0 Å². The Morgan fingerprint density at radius 2 is 2.41 bits per heavy atom. The molecular weight excluding hydrogens is 218 g/mol. The molecule has 17 heavy (non-hydrogen) atoms. The summed E-state index contributed by atoms with van der Waals surface area (Å²) in [4.78, 5) is 0. The molecule has 0 aromatic carbocycles. The summed E-state index contributed by atoms with van der Waals surface area (Å²) in [6.45, 7) is 3.09. The van der Waals surface area contributed by atoms with Crippen LogP contribution < -0.4 is 5.73 Å². The first-order valence-corrected chi connectivity index (χ1v) is 5.53. The van der Waals surface area contributed by atoms with Crippen LogP contribution in [0.25, 0.3) is 0 Å². The Balaban J connectivity index is 2.03. The number of hydrogen-bond acceptors (Lipinski definition) is 4. The van der Waals surface area contributed by atoms with Crippen molar-refractivity contribution in [3.8, 4) is 0 Å². The van der Waals surface area contributed by atoms with Crippen LogP contribution in [0.5, 0.6) is 0 Å². The Hall–Kier alpha value is -1.59. The molecule has 2 rings (SSSR count). The lowest BCUT2D eigenvalue weighted by Crippen LogP contribution is -2.04. The van der Waals surface area contributed by atoms with Gasteiger partial charge in [0.15, 0.2) is 5.76 Å². The van der Waals surface area contributed by atoms with E-state index in [1.165, 1.54) is 0 Å². The fourth-order valence-electron chi connectivity index (χ4n) is 1.65. The fraction of sp³-hybridized carbons (Fsp3) is 0.417. The van der Waals surface area contributed by atoms with Crippen LogP contribution in [0.15, 0.2) is 29.0 Å². The average molecular weight is 235 g/mol. The molecule has 2 aromatic rings. The summed E-state index contributed by atoms with van der Waals surface area (Å²) < 4.78 is 12.1. The molecule has 0 amide bonds. The van der Waals surface area contributed by atoms with E-state index < -0.39 is 0 Å². The molecule has 2 aromatic heterocycles. The van der Waals surface area contributed by atoms with Gasteiger partial charge in [-0.25, -0.2) is 0 Å². The predicted molar refractivity (Wildman–Crippen MR) is 63.4 cm³/mol. The number of hydrogen-bond donors (Lipinski definition) is 1. The van der Waals surface area contributed by atoms with Crippen LogP contribution in [0.1, 0.15) is 30.0 Å². The molecule has 0 spiro atoms. The van der Waals surface area contributed by atoms with Gasteiger partial charge in [0.05, 0.1) is 6.54 Å². The van der Waals surface area contributed by atoms with Crippen LogP contribution in [-0.2, 0) is 17.9 Å². The van der Waals surface area contributed by atoms with E-state index in [0.717, 1.165) is 17.0 Å². The lowest BCUT2D eigenvalue weighted by atomic mass is 10.2. The van der Waals surface area contributed by atoms with Gasteiger partial charge in [-0.05, 0) is 18.6 Å². The zero-order valence-electron chi connectivity index (χ0n) is 10.1. The highest BCUT2D eigenvalue weighted by atomic mass is 16.5. The third-order valence-corrected chi connectivity index (χ3v) is 2.54. The predicted octanol–water partition coefficient (Wildman–Crippen LogP) is 1.69. The van der Waals surface area contributed by atoms with Crippen LogP contribution in [-0.4, -0.2) is 16.8 Å². The molecule has 0 radical (unpaired) electrons. The molecule has 1 unspecified atom stereocenters. The van der Waals surface area contributed by atoms with E-state index in [4.69, 9.17) is 15.0 Å². The van der Waals surface area contributed by atoms with Gasteiger partial charge in [0, 0.05) is 31.6 Å². The van der Waals surface area contributed by atoms with Crippen LogP contribution in [0, 0.1) is 0 Å². The molecule has 1 atom stereocenters. The highest BCUT2D eigenvalue weighted by Gasteiger charge is 2.06. The summed E-state index contributed by atoms with van der Waals surface area (Å²) >= 11 is 0. The van der Waals surface area contributed by atoms with E-state index in [2.05, 4.69) is 5.16 Å². The summed E-state index contributed by atoms with van der Waals surface area (Å²) in [7, 11) is 1.63. The van der Waals surface area contributed by atoms with Crippen molar-refractivity contribution in [1.82, 2.24) is 9.72 Å². The number of rotatable bonds is 5. The highest BCUT2D eigenvalue weighted by molar-refractivity contribution is 5.15. The van der Waals surface area contributed by atoms with Gasteiger partial charge in [-0.2, -0.15) is 0 Å². The van der Waals surface area contributed by atoms with E-state index in [0.29, 0.717) is 13.2 Å². The van der Waals surface area contributed by atoms with E-state index >= 15 is 0 Å². The van der Waals surface area contributed by atoms with Crippen molar-refractivity contribution < 1.29 is 9.26 Å². The van der Waals surface area contributed by atoms with E-state index in [1.807, 2.05) is 36.0 Å². The lowest BCUT2D eigenvalue weighted by Gasteiger charge is -2.00. The molecule has 0 fully saturated rings. The lowest BCUT2D eigenvalue weighted by molar-refractivity contribution is 0.155. The maximum absolute atomic E-state index is 5.80. The van der Waals surface area contributed by atoms with Crippen molar-refractivity contribution in [2.24, 2.45) is 5.73 Å². The number of methoxy groups -OCH3 is 1. The summed E-state index contributed by atoms with van der Waals surface area (Å²) in [5, 5.41) is 3.98. The van der Waals surface area contributed by atoms with Crippen LogP contribution in [0.4, 0.5) is 0 Å². The van der Waals surface area contributed by atoms with Crippen LogP contribution in [0.2, 0.25) is 0 Å². The molecule has 5 nitrogen and oxygen atoms in total. The van der Waals surface area contributed by atoms with E-state index in [-0.39, 0.29) is 6.04 Å². The number of aromatic nitrogens is 2. The Morgan fingerprint density at radius 3 is 3.06 bits per heavy atom. The van der Waals surface area contributed by atoms with Gasteiger partial charge in [-0.3, -0.25) is 0 Å². The maximum atomic E-state index is 5.80. The van der Waals surface area contributed by atoms with Gasteiger partial charge >= 0.3 is 0 Å². The number of ether oxygens (including phenoxy) is 1. The molecular formula is C12H17N3O2. The normalized spacial score (nSPS) is 12.9. The van der Waals surface area contributed by atoms with Crippen molar-refractivity contribution in [2.45, 2.75) is 26.1 Å². The first-order valence-electron chi connectivity index (χ1n) is 5.53. The van der Waals surface area contributed by atoms with Crippen molar-refractivity contribution in [3.63, 3.8) is 0 Å². The largest absolute Gasteiger partial charge is 0.377 e. The zero-order valence-corrected chi connectivity index (χ0v) is 10.1. The molecule has 0 aliphatic rings. The van der Waals surface area contributed by atoms with Gasteiger partial charge in [0.1, 0.15) is 12.3 Å². The van der Waals surface area contributed by atoms with Gasteiger partial charge in [0.2, 0.25) is 0 Å². The topological polar surface area (TPSA) is 66.2 Å². The van der Waals surface area contributed by atoms with Gasteiger partial charge < -0.3 is 19.6 Å². The summed E-state index contributed by atoms with van der Waals surface area (Å²) in [6.07, 6.45) is 4.01. The van der Waals surface area contributed by atoms with Crippen molar-refractivity contribution >= 4 is 0 Å². The Morgan fingerprint density at radius 1 is 1.59 bits per heavy atom. The molecule has 0 bridgehead atoms. The van der Waals surface area contributed by atoms with Crippen molar-refractivity contribution in [3.05, 3.63) is 41.5 Å². The maximum Gasteiger partial charge on any atom is 0.162 e. The molecule has 0 saturated carbocycles. The SMILES string of the molecule is COCc1cc(Cn2ccc(C(C)N)c2)no1. The minimum Gasteiger partial charge on any atom is -0.377 e. The molecule has 2 heterocycles. The molecule has 2 N–H and O–H groups in total. The Kier molecular flexibility index (Phi) is 3.61. The average Bonchev–Trinajstić information content (AvgIpc) is 2.89. The van der Waals surface area contributed by atoms with Gasteiger partial charge in [-0.15, -0.1) is 0 Å². The molecule has 0 saturated heterocycles. The first kappa shape index (κ1) is 11.9. The minimum absolute atomic E-state index is 0.0533. The number of nitrogens with zero attached hydrogens (tertiary/aromatic N) is 2. The smallest absolute Gasteiger partial charge is 0.162 e. The van der Waals surface area contributed by atoms with Crippen LogP contribution in [0.3, 0.4) is 0 Å². The summed E-state index contributed by atoms with van der Waals surface area (Å²) in [5.74, 6) is 0.738. The first-order chi connectivity index (χ1) is 8.19. The third kappa shape index (κ3) is 2.95. The second-order valence-corrected chi connectivity index (χ2v) is 4.12. The third-order valence-electron chi connectivity index (χ3n) is 2.54. The monoisotopic (exact) mass is 235 g/mol. The quantitative estimate of drug-likeness (QED) is 0.856. The zero-order chi connectivity index (χ0) is 12.3. The molecule has 5 heteroatoms. The van der Waals surface area contributed by atoms with Crippen LogP contribution >= 0.6 is 0 Å². The Bertz CT molecular complexity index is 474. The van der Waals surface area contributed by atoms with Crippen molar-refractivity contribution in [2.75, 3.05) is 7.11 Å². The number of nitrogens with two attached hydrogens (primary N) is 1. The van der Waals surface area contributed by atoms with E-state index in [1.54, 1.807) is 7.11 Å². The second-order valence-electron chi connectivity index (χ2n) is 4.12. The van der Waals surface area contributed by atoms with E-state index in [9.17, 15) is 0 Å². The molecule has 0 aliphatic heterocycles. The van der Waals surface area contributed by atoms with Crippen molar-refractivity contribution in [1.29, 1.82) is 0 Å². The summed E-state index contributed by atoms with van der Waals surface area (Å²) in [6, 6.07) is 3.97. The molecule has 92 valence electrons. The highest BCUT2D eigenvalue weighted by Crippen LogP contribution is 2.12. The van der Waals surface area contributed by atoms with Gasteiger partial charge in [-0.1, -0.05) is 5.16 Å². The standard InChI is InChI=1S/C12H17N3O2/c1-9(13)10-3-4-15(6-10)7-11-5-12(8-16-2)17-14-11/h3-6,9H,7-8,13H2,1-2H3. The molecule has 0 aliphatic carbocycles. The summed E-state index contributed by atoms with van der Waals surface area (Å²) in [5.41, 5.74) is 7.79. The second kappa shape index (κ2) is 5.16. The fourth-order valence-corrected chi connectivity index (χ4v) is 1.65. The minimum atomic E-state index is 0.0533.